The summed E-state index contributed by atoms with van der Waals surface area (Å²) in [5.74, 6) is -0.889. The highest BCUT2D eigenvalue weighted by molar-refractivity contribution is 6.03. The van der Waals surface area contributed by atoms with E-state index in [0.29, 0.717) is 28.3 Å². The summed E-state index contributed by atoms with van der Waals surface area (Å²) in [6.07, 6.45) is 2.24. The molecule has 1 aromatic heterocycles. The van der Waals surface area contributed by atoms with E-state index < -0.39 is 24.0 Å². The van der Waals surface area contributed by atoms with Crippen LogP contribution in [0, 0.1) is 0 Å². The average Bonchev–Trinajstić information content (AvgIpc) is 3.22. The predicted octanol–water partition coefficient (Wildman–Crippen LogP) is 2.52. The van der Waals surface area contributed by atoms with Crippen molar-refractivity contribution in [2.45, 2.75) is 50.2 Å². The van der Waals surface area contributed by atoms with Gasteiger partial charge in [-0.05, 0) is 54.7 Å². The van der Waals surface area contributed by atoms with Crippen molar-refractivity contribution in [3.05, 3.63) is 48.0 Å². The van der Waals surface area contributed by atoms with E-state index in [-0.39, 0.29) is 5.95 Å². The van der Waals surface area contributed by atoms with Gasteiger partial charge in [0, 0.05) is 18.4 Å². The number of benzene rings is 2. The van der Waals surface area contributed by atoms with E-state index in [4.69, 9.17) is 5.73 Å². The average molecular weight is 452 g/mol. The number of likely N-dealkylation sites (N-methyl/N-ethyl adjacent to an activating group) is 1. The van der Waals surface area contributed by atoms with Crippen LogP contribution in [0.15, 0.2) is 42.5 Å². The number of H-pyrrole nitrogens is 1. The number of anilines is 3. The lowest BCUT2D eigenvalue weighted by Crippen LogP contribution is -2.48. The summed E-state index contributed by atoms with van der Waals surface area (Å²) < 4.78 is 0. The van der Waals surface area contributed by atoms with Gasteiger partial charge in [-0.2, -0.15) is 0 Å². The molecule has 2 atom stereocenters. The first-order valence-electron chi connectivity index (χ1n) is 11.1. The van der Waals surface area contributed by atoms with Gasteiger partial charge in [-0.3, -0.25) is 9.59 Å². The van der Waals surface area contributed by atoms with Crippen molar-refractivity contribution in [3.63, 3.8) is 0 Å². The summed E-state index contributed by atoms with van der Waals surface area (Å²) in [5, 5.41) is 23.2. The third-order valence-electron chi connectivity index (χ3n) is 6.28. The molecular weight excluding hydrogens is 422 g/mol. The third kappa shape index (κ3) is 4.99. The Labute approximate surface area is 191 Å². The SMILES string of the molecule is CN(C(=O)[C@H](O)[C@@H](O)C(=O)Nc1ccc(C2CCCCC2)cc1)c1ccc2nc(N)[nH]c2c1. The minimum Gasteiger partial charge on any atom is -0.380 e. The first kappa shape index (κ1) is 22.8. The molecule has 0 aliphatic heterocycles. The summed E-state index contributed by atoms with van der Waals surface area (Å²) in [6.45, 7) is 0. The van der Waals surface area contributed by atoms with Crippen LogP contribution in [0.25, 0.3) is 11.0 Å². The normalized spacial score (nSPS) is 16.3. The Kier molecular flexibility index (Phi) is 6.62. The molecule has 0 radical (unpaired) electrons. The summed E-state index contributed by atoms with van der Waals surface area (Å²) in [7, 11) is 1.45. The molecule has 1 aliphatic rings. The number of hydrogen-bond acceptors (Lipinski definition) is 6. The second-order valence-electron chi connectivity index (χ2n) is 8.56. The zero-order chi connectivity index (χ0) is 23.5. The number of rotatable bonds is 6. The number of amides is 2. The quantitative estimate of drug-likeness (QED) is 0.389. The third-order valence-corrected chi connectivity index (χ3v) is 6.28. The van der Waals surface area contributed by atoms with Gasteiger partial charge >= 0.3 is 0 Å². The standard InChI is InChI=1S/C24H29N5O4/c1-29(17-11-12-18-19(13-17)28-24(25)27-18)23(33)21(31)20(30)22(32)26-16-9-7-15(8-10-16)14-5-3-2-4-6-14/h7-14,20-21,30-31H,2-6H2,1H3,(H,26,32)(H3,25,27,28)/t20-,21-/m1/s1. The number of aromatic amines is 1. The Morgan fingerprint density at radius 1 is 1.09 bits per heavy atom. The van der Waals surface area contributed by atoms with E-state index in [1.165, 1.54) is 44.7 Å². The van der Waals surface area contributed by atoms with Crippen molar-refractivity contribution in [2.24, 2.45) is 0 Å². The van der Waals surface area contributed by atoms with E-state index in [0.717, 1.165) is 4.90 Å². The lowest BCUT2D eigenvalue weighted by molar-refractivity contribution is -0.141. The molecule has 1 fully saturated rings. The second-order valence-corrected chi connectivity index (χ2v) is 8.56. The Balaban J connectivity index is 1.38. The van der Waals surface area contributed by atoms with Crippen LogP contribution in [0.2, 0.25) is 0 Å². The minimum atomic E-state index is -1.93. The van der Waals surface area contributed by atoms with Crippen LogP contribution in [0.4, 0.5) is 17.3 Å². The van der Waals surface area contributed by atoms with Gasteiger partial charge in [0.05, 0.1) is 11.0 Å². The Bertz CT molecular complexity index is 1140. The summed E-state index contributed by atoms with van der Waals surface area (Å²) in [5.41, 5.74) is 9.07. The van der Waals surface area contributed by atoms with Crippen molar-refractivity contribution in [3.8, 4) is 0 Å². The van der Waals surface area contributed by atoms with Gasteiger partial charge in [0.25, 0.3) is 11.8 Å². The molecule has 0 unspecified atom stereocenters. The summed E-state index contributed by atoms with van der Waals surface area (Å²) in [4.78, 5) is 33.3. The maximum atomic E-state index is 12.7. The number of nitrogens with one attached hydrogen (secondary N) is 2. The van der Waals surface area contributed by atoms with Crippen LogP contribution in [0.3, 0.4) is 0 Å². The number of aliphatic hydroxyl groups excluding tert-OH is 2. The van der Waals surface area contributed by atoms with Gasteiger partial charge in [-0.1, -0.05) is 31.4 Å². The van der Waals surface area contributed by atoms with Crippen LogP contribution >= 0.6 is 0 Å². The molecule has 9 nitrogen and oxygen atoms in total. The van der Waals surface area contributed by atoms with Crippen molar-refractivity contribution < 1.29 is 19.8 Å². The number of imidazole rings is 1. The number of nitrogens with zero attached hydrogens (tertiary/aromatic N) is 2. The maximum absolute atomic E-state index is 12.7. The van der Waals surface area contributed by atoms with E-state index >= 15 is 0 Å². The number of fused-ring (bicyclic) bond motifs is 1. The van der Waals surface area contributed by atoms with Crippen LogP contribution in [-0.4, -0.2) is 51.3 Å². The van der Waals surface area contributed by atoms with Crippen LogP contribution in [0.1, 0.15) is 43.6 Å². The fourth-order valence-corrected chi connectivity index (χ4v) is 4.32. The highest BCUT2D eigenvalue weighted by atomic mass is 16.3. The monoisotopic (exact) mass is 451 g/mol. The summed E-state index contributed by atoms with van der Waals surface area (Å²) >= 11 is 0. The molecule has 1 aliphatic carbocycles. The van der Waals surface area contributed by atoms with Crippen molar-refractivity contribution in [1.82, 2.24) is 9.97 Å². The lowest BCUT2D eigenvalue weighted by Gasteiger charge is -2.24. The zero-order valence-electron chi connectivity index (χ0n) is 18.5. The number of carbonyl (C=O) groups is 2. The van der Waals surface area contributed by atoms with Crippen LogP contribution in [0.5, 0.6) is 0 Å². The van der Waals surface area contributed by atoms with Crippen LogP contribution < -0.4 is 16.0 Å². The van der Waals surface area contributed by atoms with Gasteiger partial charge in [-0.15, -0.1) is 0 Å². The van der Waals surface area contributed by atoms with Gasteiger partial charge < -0.3 is 31.1 Å². The molecule has 174 valence electrons. The predicted molar refractivity (Wildman–Crippen MR) is 127 cm³/mol. The fourth-order valence-electron chi connectivity index (χ4n) is 4.32. The van der Waals surface area contributed by atoms with E-state index in [9.17, 15) is 19.8 Å². The van der Waals surface area contributed by atoms with Crippen LogP contribution in [-0.2, 0) is 9.59 Å². The Morgan fingerprint density at radius 3 is 2.48 bits per heavy atom. The molecule has 0 bridgehead atoms. The lowest BCUT2D eigenvalue weighted by atomic mass is 9.84. The smallest absolute Gasteiger partial charge is 0.258 e. The van der Waals surface area contributed by atoms with Gasteiger partial charge in [0.15, 0.2) is 18.2 Å². The molecule has 2 aromatic carbocycles. The molecule has 6 N–H and O–H groups in total. The number of hydrogen-bond donors (Lipinski definition) is 5. The minimum absolute atomic E-state index is 0.245. The second kappa shape index (κ2) is 9.60. The first-order valence-corrected chi connectivity index (χ1v) is 11.1. The summed E-state index contributed by atoms with van der Waals surface area (Å²) in [6, 6.07) is 12.5. The van der Waals surface area contributed by atoms with Gasteiger partial charge in [0.2, 0.25) is 0 Å². The number of aromatic nitrogens is 2. The van der Waals surface area contributed by atoms with Gasteiger partial charge in [0.1, 0.15) is 0 Å². The maximum Gasteiger partial charge on any atom is 0.258 e. The largest absolute Gasteiger partial charge is 0.380 e. The highest BCUT2D eigenvalue weighted by Crippen LogP contribution is 2.33. The van der Waals surface area contributed by atoms with Crippen molar-refractivity contribution in [1.29, 1.82) is 0 Å². The Morgan fingerprint density at radius 2 is 1.79 bits per heavy atom. The molecule has 1 saturated carbocycles. The zero-order valence-corrected chi connectivity index (χ0v) is 18.5. The Hall–Kier alpha value is -3.43. The van der Waals surface area contributed by atoms with E-state index in [2.05, 4.69) is 15.3 Å². The highest BCUT2D eigenvalue weighted by Gasteiger charge is 2.33. The molecule has 33 heavy (non-hydrogen) atoms. The van der Waals surface area contributed by atoms with E-state index in [1.807, 2.05) is 12.1 Å². The molecule has 0 saturated heterocycles. The molecule has 0 spiro atoms. The van der Waals surface area contributed by atoms with Crippen molar-refractivity contribution in [2.75, 3.05) is 23.0 Å². The number of carbonyl (C=O) groups excluding carboxylic acids is 2. The molecule has 4 rings (SSSR count). The molecule has 9 heteroatoms. The topological polar surface area (TPSA) is 145 Å². The molecular formula is C24H29N5O4. The van der Waals surface area contributed by atoms with E-state index in [1.54, 1.807) is 30.3 Å². The number of aliphatic hydroxyl groups is 2. The van der Waals surface area contributed by atoms with Gasteiger partial charge in [-0.25, -0.2) is 4.98 Å². The molecule has 1 heterocycles. The molecule has 3 aromatic rings. The fraction of sp³-hybridized carbons (Fsp3) is 0.375. The van der Waals surface area contributed by atoms with Crippen molar-refractivity contribution >= 4 is 40.2 Å². The first-order chi connectivity index (χ1) is 15.8. The number of nitrogens with two attached hydrogens (primary N) is 1. The molecule has 2 amide bonds. The number of nitrogen functional groups attached to an aromatic ring is 1.